The van der Waals surface area contributed by atoms with Crippen LogP contribution in [0.3, 0.4) is 0 Å². The molecule has 6 heteroatoms. The van der Waals surface area contributed by atoms with Gasteiger partial charge in [-0.05, 0) is 35.4 Å². The third-order valence-corrected chi connectivity index (χ3v) is 3.16. The largest absolute Gasteiger partial charge is 0.416 e. The summed E-state index contributed by atoms with van der Waals surface area (Å²) in [5, 5.41) is 0.397. The van der Waals surface area contributed by atoms with Crippen molar-refractivity contribution in [2.75, 3.05) is 0 Å². The maximum atomic E-state index is 12.7. The molecule has 0 unspecified atom stereocenters. The lowest BCUT2D eigenvalue weighted by Crippen LogP contribution is -2.06. The molecule has 3 aromatic rings. The first-order valence-corrected chi connectivity index (χ1v) is 6.10. The van der Waals surface area contributed by atoms with Crippen molar-refractivity contribution in [2.24, 2.45) is 0 Å². The van der Waals surface area contributed by atoms with Gasteiger partial charge in [0.25, 0.3) is 5.56 Å². The number of alkyl halides is 3. The monoisotopic (exact) mass is 290 g/mol. The van der Waals surface area contributed by atoms with E-state index in [2.05, 4.69) is 9.97 Å². The lowest BCUT2D eigenvalue weighted by Gasteiger charge is -2.09. The number of hydrogen-bond donors (Lipinski definition) is 1. The van der Waals surface area contributed by atoms with E-state index in [1.807, 2.05) is 0 Å². The number of H-pyrrole nitrogens is 1. The standard InChI is InChI=1S/C15H9F3N2O/c16-15(17,18)11-3-1-2-9(6-11)10-4-5-12-13(7-10)19-8-20-14(12)21/h1-8H,(H,19,20,21). The first-order valence-electron chi connectivity index (χ1n) is 6.10. The summed E-state index contributed by atoms with van der Waals surface area (Å²) in [6, 6.07) is 9.80. The van der Waals surface area contributed by atoms with Gasteiger partial charge >= 0.3 is 6.18 Å². The number of halogens is 3. The maximum absolute atomic E-state index is 12.7. The average Bonchev–Trinajstić information content (AvgIpc) is 2.46. The van der Waals surface area contributed by atoms with Gasteiger partial charge in [0.1, 0.15) is 0 Å². The summed E-state index contributed by atoms with van der Waals surface area (Å²) in [4.78, 5) is 18.0. The summed E-state index contributed by atoms with van der Waals surface area (Å²) in [5.74, 6) is 0. The van der Waals surface area contributed by atoms with Crippen LogP contribution < -0.4 is 5.56 Å². The number of fused-ring (bicyclic) bond motifs is 1. The Morgan fingerprint density at radius 2 is 1.76 bits per heavy atom. The fraction of sp³-hybridized carbons (Fsp3) is 0.0667. The minimum atomic E-state index is -4.39. The molecule has 106 valence electrons. The number of aromatic nitrogens is 2. The van der Waals surface area contributed by atoms with E-state index >= 15 is 0 Å². The van der Waals surface area contributed by atoms with E-state index in [0.29, 0.717) is 22.0 Å². The maximum Gasteiger partial charge on any atom is 0.416 e. The SMILES string of the molecule is O=c1[nH]cnc2cc(-c3cccc(C(F)(F)F)c3)ccc12. The van der Waals surface area contributed by atoms with E-state index in [9.17, 15) is 18.0 Å². The molecular weight excluding hydrogens is 281 g/mol. The molecule has 0 fully saturated rings. The normalized spacial score (nSPS) is 11.8. The second kappa shape index (κ2) is 4.73. The van der Waals surface area contributed by atoms with Gasteiger partial charge in [-0.1, -0.05) is 18.2 Å². The van der Waals surface area contributed by atoms with Crippen molar-refractivity contribution in [3.05, 3.63) is 64.7 Å². The van der Waals surface area contributed by atoms with E-state index < -0.39 is 11.7 Å². The Hall–Kier alpha value is -2.63. The predicted molar refractivity (Wildman–Crippen MR) is 72.8 cm³/mol. The summed E-state index contributed by atoms with van der Waals surface area (Å²) in [6.07, 6.45) is -3.12. The van der Waals surface area contributed by atoms with Gasteiger partial charge in [-0.2, -0.15) is 13.2 Å². The molecular formula is C15H9F3N2O. The summed E-state index contributed by atoms with van der Waals surface area (Å²) < 4.78 is 38.2. The summed E-state index contributed by atoms with van der Waals surface area (Å²) in [6.45, 7) is 0. The number of nitrogens with one attached hydrogen (secondary N) is 1. The molecule has 0 aliphatic heterocycles. The van der Waals surface area contributed by atoms with Crippen molar-refractivity contribution in [3.63, 3.8) is 0 Å². The highest BCUT2D eigenvalue weighted by molar-refractivity contribution is 5.83. The van der Waals surface area contributed by atoms with Crippen LogP contribution in [0, 0.1) is 0 Å². The average molecular weight is 290 g/mol. The molecule has 0 saturated carbocycles. The van der Waals surface area contributed by atoms with Gasteiger partial charge < -0.3 is 4.98 Å². The minimum Gasteiger partial charge on any atom is -0.313 e. The molecule has 0 radical (unpaired) electrons. The van der Waals surface area contributed by atoms with Crippen LogP contribution in [0.2, 0.25) is 0 Å². The van der Waals surface area contributed by atoms with Gasteiger partial charge in [-0.25, -0.2) is 4.98 Å². The Morgan fingerprint density at radius 1 is 1.00 bits per heavy atom. The Kier molecular flexibility index (Phi) is 3.01. The second-order valence-corrected chi connectivity index (χ2v) is 4.54. The third-order valence-electron chi connectivity index (χ3n) is 3.16. The highest BCUT2D eigenvalue weighted by Crippen LogP contribution is 2.32. The Labute approximate surface area is 117 Å². The predicted octanol–water partition coefficient (Wildman–Crippen LogP) is 3.61. The number of hydrogen-bond acceptors (Lipinski definition) is 2. The molecule has 0 spiro atoms. The number of rotatable bonds is 1. The summed E-state index contributed by atoms with van der Waals surface area (Å²) in [7, 11) is 0. The zero-order valence-corrected chi connectivity index (χ0v) is 10.6. The lowest BCUT2D eigenvalue weighted by atomic mass is 10.0. The molecule has 0 saturated heterocycles. The van der Waals surface area contributed by atoms with Crippen LogP contribution in [0.4, 0.5) is 13.2 Å². The Balaban J connectivity index is 2.15. The number of benzene rings is 2. The first-order chi connectivity index (χ1) is 9.95. The second-order valence-electron chi connectivity index (χ2n) is 4.54. The van der Waals surface area contributed by atoms with Crippen LogP contribution in [0.15, 0.2) is 53.6 Å². The summed E-state index contributed by atoms with van der Waals surface area (Å²) >= 11 is 0. The number of nitrogens with zero attached hydrogens (tertiary/aromatic N) is 1. The van der Waals surface area contributed by atoms with E-state index in [4.69, 9.17) is 0 Å². The van der Waals surface area contributed by atoms with Gasteiger partial charge in [0.15, 0.2) is 0 Å². The van der Waals surface area contributed by atoms with Crippen LogP contribution in [0.1, 0.15) is 5.56 Å². The molecule has 3 rings (SSSR count). The van der Waals surface area contributed by atoms with Crippen molar-refractivity contribution in [1.29, 1.82) is 0 Å². The number of aromatic amines is 1. The molecule has 0 amide bonds. The molecule has 1 heterocycles. The molecule has 2 aromatic carbocycles. The Bertz CT molecular complexity index is 868. The fourth-order valence-electron chi connectivity index (χ4n) is 2.12. The zero-order valence-electron chi connectivity index (χ0n) is 10.6. The van der Waals surface area contributed by atoms with Gasteiger partial charge in [-0.3, -0.25) is 4.79 Å². The molecule has 3 nitrogen and oxygen atoms in total. The van der Waals surface area contributed by atoms with E-state index in [-0.39, 0.29) is 5.56 Å². The fourth-order valence-corrected chi connectivity index (χ4v) is 2.12. The molecule has 0 bridgehead atoms. The van der Waals surface area contributed by atoms with Gasteiger partial charge in [0, 0.05) is 0 Å². The van der Waals surface area contributed by atoms with Crippen molar-refractivity contribution in [2.45, 2.75) is 6.18 Å². The van der Waals surface area contributed by atoms with Crippen molar-refractivity contribution >= 4 is 10.9 Å². The quantitative estimate of drug-likeness (QED) is 0.744. The lowest BCUT2D eigenvalue weighted by molar-refractivity contribution is -0.137. The molecule has 0 aliphatic carbocycles. The molecule has 0 aliphatic rings. The van der Waals surface area contributed by atoms with E-state index in [0.717, 1.165) is 12.1 Å². The summed E-state index contributed by atoms with van der Waals surface area (Å²) in [5.41, 5.74) is 0.448. The van der Waals surface area contributed by atoms with Crippen LogP contribution >= 0.6 is 0 Å². The minimum absolute atomic E-state index is 0.282. The molecule has 1 N–H and O–H groups in total. The first kappa shape index (κ1) is 13.4. The van der Waals surface area contributed by atoms with E-state index in [1.165, 1.54) is 12.4 Å². The van der Waals surface area contributed by atoms with E-state index in [1.54, 1.807) is 24.3 Å². The topological polar surface area (TPSA) is 45.8 Å². The highest BCUT2D eigenvalue weighted by atomic mass is 19.4. The van der Waals surface area contributed by atoms with Crippen LogP contribution in [0.5, 0.6) is 0 Å². The van der Waals surface area contributed by atoms with Gasteiger partial charge in [0.05, 0.1) is 22.8 Å². The Morgan fingerprint density at radius 3 is 2.52 bits per heavy atom. The van der Waals surface area contributed by atoms with Crippen LogP contribution in [-0.4, -0.2) is 9.97 Å². The van der Waals surface area contributed by atoms with Crippen LogP contribution in [0.25, 0.3) is 22.0 Å². The van der Waals surface area contributed by atoms with Crippen molar-refractivity contribution < 1.29 is 13.2 Å². The van der Waals surface area contributed by atoms with Crippen molar-refractivity contribution in [1.82, 2.24) is 9.97 Å². The highest BCUT2D eigenvalue weighted by Gasteiger charge is 2.30. The van der Waals surface area contributed by atoms with Crippen molar-refractivity contribution in [3.8, 4) is 11.1 Å². The van der Waals surface area contributed by atoms with Crippen LogP contribution in [-0.2, 0) is 6.18 Å². The molecule has 0 atom stereocenters. The zero-order chi connectivity index (χ0) is 15.0. The van der Waals surface area contributed by atoms with Gasteiger partial charge in [0.2, 0.25) is 0 Å². The molecule has 21 heavy (non-hydrogen) atoms. The molecule has 1 aromatic heterocycles. The smallest absolute Gasteiger partial charge is 0.313 e. The third kappa shape index (κ3) is 2.52. The van der Waals surface area contributed by atoms with Gasteiger partial charge in [-0.15, -0.1) is 0 Å².